The van der Waals surface area contributed by atoms with E-state index < -0.39 is 0 Å². The van der Waals surface area contributed by atoms with Crippen LogP contribution in [0.2, 0.25) is 0 Å². The summed E-state index contributed by atoms with van der Waals surface area (Å²) in [6, 6.07) is 14.8. The molecule has 1 heterocycles. The van der Waals surface area contributed by atoms with Gasteiger partial charge in [0.1, 0.15) is 18.2 Å². The van der Waals surface area contributed by atoms with Gasteiger partial charge in [0.25, 0.3) is 0 Å². The van der Waals surface area contributed by atoms with Gasteiger partial charge in [0.2, 0.25) is 0 Å². The number of fused-ring (bicyclic) bond motifs is 1. The van der Waals surface area contributed by atoms with Crippen molar-refractivity contribution in [1.82, 2.24) is 0 Å². The van der Waals surface area contributed by atoms with E-state index >= 15 is 0 Å². The van der Waals surface area contributed by atoms with Crippen LogP contribution >= 0.6 is 11.8 Å². The van der Waals surface area contributed by atoms with Crippen LogP contribution in [0.25, 0.3) is 0 Å². The van der Waals surface area contributed by atoms with Gasteiger partial charge in [-0.2, -0.15) is 0 Å². The number of thioether (sulfide) groups is 1. The van der Waals surface area contributed by atoms with Gasteiger partial charge in [0.05, 0.1) is 12.2 Å². The molecule has 1 aliphatic rings. The summed E-state index contributed by atoms with van der Waals surface area (Å²) in [4.78, 5) is 3.45. The van der Waals surface area contributed by atoms with Crippen molar-refractivity contribution in [3.63, 3.8) is 0 Å². The molecule has 0 saturated heterocycles. The highest BCUT2D eigenvalue weighted by atomic mass is 32.2. The highest BCUT2D eigenvalue weighted by Gasteiger charge is 2.16. The summed E-state index contributed by atoms with van der Waals surface area (Å²) in [5, 5.41) is 0. The van der Waals surface area contributed by atoms with E-state index in [0.29, 0.717) is 0 Å². The quantitative estimate of drug-likeness (QED) is 0.794. The molecule has 3 rings (SSSR count). The Balaban J connectivity index is 1.58. The fraction of sp³-hybridized carbons (Fsp3) is 0.250. The van der Waals surface area contributed by atoms with Crippen molar-refractivity contribution in [2.24, 2.45) is 0 Å². The Morgan fingerprint density at radius 3 is 2.75 bits per heavy atom. The Bertz CT molecular complexity index is 573. The first kappa shape index (κ1) is 13.3. The Kier molecular flexibility index (Phi) is 4.11. The number of hydrogen-bond acceptors (Lipinski definition) is 3. The second-order valence-electron chi connectivity index (χ2n) is 4.61. The standard InChI is InChI=1S/C16H16FNOS/c17-13-5-7-14(8-6-13)20-12-10-18-9-11-19-16-4-2-1-3-15(16)18/h1-8H,9-12H2. The van der Waals surface area contributed by atoms with E-state index in [2.05, 4.69) is 11.0 Å². The van der Waals surface area contributed by atoms with E-state index in [1.54, 1.807) is 11.8 Å². The molecule has 104 valence electrons. The van der Waals surface area contributed by atoms with Crippen LogP contribution in [0.1, 0.15) is 0 Å². The van der Waals surface area contributed by atoms with Gasteiger partial charge in [-0.3, -0.25) is 0 Å². The van der Waals surface area contributed by atoms with E-state index in [1.165, 1.54) is 17.8 Å². The van der Waals surface area contributed by atoms with Gasteiger partial charge >= 0.3 is 0 Å². The van der Waals surface area contributed by atoms with Crippen molar-refractivity contribution in [2.45, 2.75) is 4.90 Å². The minimum atomic E-state index is -0.184. The maximum atomic E-state index is 12.8. The second kappa shape index (κ2) is 6.18. The van der Waals surface area contributed by atoms with Crippen molar-refractivity contribution in [3.8, 4) is 5.75 Å². The van der Waals surface area contributed by atoms with Gasteiger partial charge < -0.3 is 9.64 Å². The molecule has 0 bridgehead atoms. The molecule has 0 saturated carbocycles. The summed E-state index contributed by atoms with van der Waals surface area (Å²) >= 11 is 1.75. The predicted octanol–water partition coefficient (Wildman–Crippen LogP) is 3.82. The fourth-order valence-corrected chi connectivity index (χ4v) is 3.14. The molecule has 0 amide bonds. The summed E-state index contributed by atoms with van der Waals surface area (Å²) < 4.78 is 18.5. The van der Waals surface area contributed by atoms with E-state index in [1.807, 2.05) is 30.3 Å². The first-order valence-electron chi connectivity index (χ1n) is 6.68. The summed E-state index contributed by atoms with van der Waals surface area (Å²) in [5.41, 5.74) is 1.17. The molecule has 0 fully saturated rings. The summed E-state index contributed by atoms with van der Waals surface area (Å²) in [7, 11) is 0. The van der Waals surface area contributed by atoms with Gasteiger partial charge in [-0.05, 0) is 36.4 Å². The molecule has 0 radical (unpaired) electrons. The van der Waals surface area contributed by atoms with Gasteiger partial charge in [-0.1, -0.05) is 12.1 Å². The largest absolute Gasteiger partial charge is 0.490 e. The smallest absolute Gasteiger partial charge is 0.142 e. The molecule has 20 heavy (non-hydrogen) atoms. The zero-order valence-electron chi connectivity index (χ0n) is 11.1. The summed E-state index contributed by atoms with van der Waals surface area (Å²) in [5.74, 6) is 1.75. The molecule has 0 unspecified atom stereocenters. The zero-order valence-corrected chi connectivity index (χ0v) is 11.9. The topological polar surface area (TPSA) is 12.5 Å². The lowest BCUT2D eigenvalue weighted by atomic mass is 10.2. The minimum Gasteiger partial charge on any atom is -0.490 e. The molecule has 0 aliphatic carbocycles. The third kappa shape index (κ3) is 3.07. The van der Waals surface area contributed by atoms with E-state index in [-0.39, 0.29) is 5.82 Å². The molecule has 1 aliphatic heterocycles. The average molecular weight is 289 g/mol. The number of hydrogen-bond donors (Lipinski definition) is 0. The molecule has 0 atom stereocenters. The molecule has 2 aromatic carbocycles. The van der Waals surface area contributed by atoms with Gasteiger partial charge in [0.15, 0.2) is 0 Å². The van der Waals surface area contributed by atoms with Gasteiger partial charge in [-0.25, -0.2) is 4.39 Å². The van der Waals surface area contributed by atoms with Crippen molar-refractivity contribution in [1.29, 1.82) is 0 Å². The molecule has 0 spiro atoms. The predicted molar refractivity (Wildman–Crippen MR) is 81.3 cm³/mol. The lowest BCUT2D eigenvalue weighted by Crippen LogP contribution is -2.34. The molecule has 0 N–H and O–H groups in total. The van der Waals surface area contributed by atoms with Crippen molar-refractivity contribution in [2.75, 3.05) is 30.3 Å². The Morgan fingerprint density at radius 2 is 1.90 bits per heavy atom. The van der Waals surface area contributed by atoms with Crippen LogP contribution in [0, 0.1) is 5.82 Å². The van der Waals surface area contributed by atoms with E-state index in [9.17, 15) is 4.39 Å². The molecule has 4 heteroatoms. The fourth-order valence-electron chi connectivity index (χ4n) is 2.26. The lowest BCUT2D eigenvalue weighted by molar-refractivity contribution is 0.308. The SMILES string of the molecule is Fc1ccc(SCCN2CCOc3ccccc32)cc1. The number of ether oxygens (including phenoxy) is 1. The van der Waals surface area contributed by atoms with Gasteiger partial charge in [-0.15, -0.1) is 11.8 Å². The first-order chi connectivity index (χ1) is 9.83. The Morgan fingerprint density at radius 1 is 1.10 bits per heavy atom. The van der Waals surface area contributed by atoms with Crippen LogP contribution in [0.5, 0.6) is 5.75 Å². The zero-order chi connectivity index (χ0) is 13.8. The van der Waals surface area contributed by atoms with Crippen LogP contribution in [-0.4, -0.2) is 25.4 Å². The molecule has 2 aromatic rings. The van der Waals surface area contributed by atoms with E-state index in [4.69, 9.17) is 4.74 Å². The maximum Gasteiger partial charge on any atom is 0.142 e. The number of halogens is 1. The summed E-state index contributed by atoms with van der Waals surface area (Å²) in [6.07, 6.45) is 0. The third-order valence-corrected chi connectivity index (χ3v) is 4.26. The Hall–Kier alpha value is -1.68. The molecular formula is C16H16FNOS. The molecule has 0 aromatic heterocycles. The van der Waals surface area contributed by atoms with Crippen molar-refractivity contribution in [3.05, 3.63) is 54.3 Å². The number of benzene rings is 2. The monoisotopic (exact) mass is 289 g/mol. The van der Waals surface area contributed by atoms with Gasteiger partial charge in [0, 0.05) is 17.2 Å². The van der Waals surface area contributed by atoms with Crippen LogP contribution in [0.3, 0.4) is 0 Å². The highest BCUT2D eigenvalue weighted by Crippen LogP contribution is 2.31. The number of para-hydroxylation sites is 2. The van der Waals surface area contributed by atoms with Crippen molar-refractivity contribution >= 4 is 17.4 Å². The minimum absolute atomic E-state index is 0.184. The summed E-state index contributed by atoms with van der Waals surface area (Å²) in [6.45, 7) is 2.61. The number of anilines is 1. The molecular weight excluding hydrogens is 273 g/mol. The second-order valence-corrected chi connectivity index (χ2v) is 5.77. The number of nitrogens with zero attached hydrogens (tertiary/aromatic N) is 1. The van der Waals surface area contributed by atoms with Crippen LogP contribution in [0.4, 0.5) is 10.1 Å². The van der Waals surface area contributed by atoms with Crippen LogP contribution < -0.4 is 9.64 Å². The van der Waals surface area contributed by atoms with Crippen LogP contribution in [0.15, 0.2) is 53.4 Å². The molecule has 2 nitrogen and oxygen atoms in total. The maximum absolute atomic E-state index is 12.8. The Labute approximate surface area is 122 Å². The average Bonchev–Trinajstić information content (AvgIpc) is 2.49. The van der Waals surface area contributed by atoms with Crippen LogP contribution in [-0.2, 0) is 0 Å². The van der Waals surface area contributed by atoms with E-state index in [0.717, 1.165) is 36.1 Å². The number of rotatable bonds is 4. The lowest BCUT2D eigenvalue weighted by Gasteiger charge is -2.31. The first-order valence-corrected chi connectivity index (χ1v) is 7.66. The third-order valence-electron chi connectivity index (χ3n) is 3.27. The highest BCUT2D eigenvalue weighted by molar-refractivity contribution is 7.99. The normalized spacial score (nSPS) is 13.8. The van der Waals surface area contributed by atoms with Crippen molar-refractivity contribution < 1.29 is 9.13 Å².